The highest BCUT2D eigenvalue weighted by atomic mass is 19.1. The van der Waals surface area contributed by atoms with Crippen molar-refractivity contribution < 1.29 is 18.3 Å². The molecule has 0 radical (unpaired) electrons. The highest BCUT2D eigenvalue weighted by Crippen LogP contribution is 2.22. The number of alkyl halides is 1. The van der Waals surface area contributed by atoms with Crippen molar-refractivity contribution in [3.63, 3.8) is 0 Å². The van der Waals surface area contributed by atoms with E-state index < -0.39 is 12.3 Å². The number of likely N-dealkylation sites (tertiary alicyclic amines) is 1. The predicted octanol–water partition coefficient (Wildman–Crippen LogP) is 3.45. The van der Waals surface area contributed by atoms with Gasteiger partial charge in [0.15, 0.2) is 0 Å². The Kier molecular flexibility index (Phi) is 5.05. The molecule has 1 aliphatic heterocycles. The van der Waals surface area contributed by atoms with Crippen LogP contribution in [0.3, 0.4) is 0 Å². The van der Waals surface area contributed by atoms with Crippen molar-refractivity contribution in [3.8, 4) is 5.75 Å². The summed E-state index contributed by atoms with van der Waals surface area (Å²) in [5.41, 5.74) is 2.38. The standard InChI is InChI=1S/C20H21F2N3O2/c1-26-15-5-2-13(3-6-15)9-25-10-16(22)19(11-25)27-12-20-23-17-7-4-14(21)8-18(17)24-20/h2-8,16,19H,9-12H2,1H3,(H,23,24). The first kappa shape index (κ1) is 17.9. The highest BCUT2D eigenvalue weighted by Gasteiger charge is 2.33. The van der Waals surface area contributed by atoms with Crippen molar-refractivity contribution in [2.24, 2.45) is 0 Å². The maximum absolute atomic E-state index is 14.4. The molecule has 2 aromatic carbocycles. The van der Waals surface area contributed by atoms with Crippen LogP contribution in [0.1, 0.15) is 11.4 Å². The molecule has 0 amide bonds. The first-order valence-electron chi connectivity index (χ1n) is 8.86. The molecule has 0 aliphatic carbocycles. The van der Waals surface area contributed by atoms with Gasteiger partial charge in [0.25, 0.3) is 0 Å². The zero-order chi connectivity index (χ0) is 18.8. The van der Waals surface area contributed by atoms with Crippen molar-refractivity contribution in [3.05, 3.63) is 59.7 Å². The number of aromatic amines is 1. The number of ether oxygens (including phenoxy) is 2. The summed E-state index contributed by atoms with van der Waals surface area (Å²) in [6.07, 6.45) is -1.56. The Hall–Kier alpha value is -2.51. The van der Waals surface area contributed by atoms with Crippen LogP contribution in [0.5, 0.6) is 5.75 Å². The second-order valence-corrected chi connectivity index (χ2v) is 6.75. The van der Waals surface area contributed by atoms with Gasteiger partial charge in [0.1, 0.15) is 36.3 Å². The van der Waals surface area contributed by atoms with Crippen LogP contribution in [0, 0.1) is 5.82 Å². The molecule has 2 heterocycles. The van der Waals surface area contributed by atoms with Crippen LogP contribution in [-0.4, -0.2) is 47.3 Å². The van der Waals surface area contributed by atoms with E-state index in [0.29, 0.717) is 36.5 Å². The summed E-state index contributed by atoms with van der Waals surface area (Å²) in [4.78, 5) is 9.39. The molecule has 7 heteroatoms. The molecular weight excluding hydrogens is 352 g/mol. The molecule has 1 fully saturated rings. The van der Waals surface area contributed by atoms with Crippen molar-refractivity contribution in [1.82, 2.24) is 14.9 Å². The SMILES string of the molecule is COc1ccc(CN2CC(F)C(OCc3nc4ccc(F)cc4[nH]3)C2)cc1. The van der Waals surface area contributed by atoms with Crippen molar-refractivity contribution in [2.75, 3.05) is 20.2 Å². The molecule has 1 saturated heterocycles. The summed E-state index contributed by atoms with van der Waals surface area (Å²) in [6, 6.07) is 12.1. The van der Waals surface area contributed by atoms with Gasteiger partial charge in [0.2, 0.25) is 0 Å². The molecule has 1 aromatic heterocycles. The molecular formula is C20H21F2N3O2. The second kappa shape index (κ2) is 7.62. The summed E-state index contributed by atoms with van der Waals surface area (Å²) in [6.45, 7) is 1.68. The van der Waals surface area contributed by atoms with E-state index in [-0.39, 0.29) is 12.4 Å². The zero-order valence-electron chi connectivity index (χ0n) is 15.0. The molecule has 0 saturated carbocycles. The predicted molar refractivity (Wildman–Crippen MR) is 97.8 cm³/mol. The highest BCUT2D eigenvalue weighted by molar-refractivity contribution is 5.74. The van der Waals surface area contributed by atoms with E-state index in [1.54, 1.807) is 13.2 Å². The number of nitrogens with zero attached hydrogens (tertiary/aromatic N) is 2. The van der Waals surface area contributed by atoms with E-state index >= 15 is 0 Å². The molecule has 0 spiro atoms. The normalized spacial score (nSPS) is 20.4. The third-order valence-electron chi connectivity index (χ3n) is 4.77. The van der Waals surface area contributed by atoms with Gasteiger partial charge >= 0.3 is 0 Å². The number of methoxy groups -OCH3 is 1. The zero-order valence-corrected chi connectivity index (χ0v) is 15.0. The fourth-order valence-corrected chi connectivity index (χ4v) is 3.37. The third-order valence-corrected chi connectivity index (χ3v) is 4.77. The summed E-state index contributed by atoms with van der Waals surface area (Å²) in [5.74, 6) is 1.04. The second-order valence-electron chi connectivity index (χ2n) is 6.75. The van der Waals surface area contributed by atoms with Gasteiger partial charge in [0.05, 0.1) is 18.1 Å². The Labute approximate surface area is 155 Å². The van der Waals surface area contributed by atoms with Gasteiger partial charge in [-0.15, -0.1) is 0 Å². The van der Waals surface area contributed by atoms with Gasteiger partial charge in [0, 0.05) is 19.6 Å². The Balaban J connectivity index is 1.33. The minimum Gasteiger partial charge on any atom is -0.497 e. The number of benzene rings is 2. The van der Waals surface area contributed by atoms with Gasteiger partial charge in [-0.05, 0) is 35.9 Å². The maximum Gasteiger partial charge on any atom is 0.140 e. The lowest BCUT2D eigenvalue weighted by Gasteiger charge is -2.15. The monoisotopic (exact) mass is 373 g/mol. The van der Waals surface area contributed by atoms with Crippen LogP contribution in [0.4, 0.5) is 8.78 Å². The molecule has 0 bridgehead atoms. The molecule has 1 N–H and O–H groups in total. The molecule has 4 rings (SSSR count). The van der Waals surface area contributed by atoms with Crippen LogP contribution < -0.4 is 4.74 Å². The van der Waals surface area contributed by atoms with E-state index in [9.17, 15) is 8.78 Å². The molecule has 2 atom stereocenters. The van der Waals surface area contributed by atoms with E-state index in [2.05, 4.69) is 9.97 Å². The van der Waals surface area contributed by atoms with Crippen LogP contribution in [-0.2, 0) is 17.9 Å². The minimum atomic E-state index is -1.05. The van der Waals surface area contributed by atoms with Crippen molar-refractivity contribution in [1.29, 1.82) is 0 Å². The van der Waals surface area contributed by atoms with Crippen LogP contribution in [0.25, 0.3) is 11.0 Å². The first-order valence-corrected chi connectivity index (χ1v) is 8.86. The number of fused-ring (bicyclic) bond motifs is 1. The lowest BCUT2D eigenvalue weighted by atomic mass is 10.2. The van der Waals surface area contributed by atoms with Gasteiger partial charge in [-0.25, -0.2) is 13.8 Å². The molecule has 142 valence electrons. The molecule has 27 heavy (non-hydrogen) atoms. The van der Waals surface area contributed by atoms with E-state index in [4.69, 9.17) is 9.47 Å². The van der Waals surface area contributed by atoms with E-state index in [1.807, 2.05) is 29.2 Å². The lowest BCUT2D eigenvalue weighted by Crippen LogP contribution is -2.24. The number of imidazole rings is 1. The van der Waals surface area contributed by atoms with Crippen molar-refractivity contribution in [2.45, 2.75) is 25.4 Å². The van der Waals surface area contributed by atoms with Crippen LogP contribution in [0.2, 0.25) is 0 Å². The van der Waals surface area contributed by atoms with Gasteiger partial charge < -0.3 is 14.5 Å². The molecule has 5 nitrogen and oxygen atoms in total. The Bertz CT molecular complexity index is 913. The molecule has 2 unspecified atom stereocenters. The minimum absolute atomic E-state index is 0.164. The van der Waals surface area contributed by atoms with Crippen LogP contribution in [0.15, 0.2) is 42.5 Å². The summed E-state index contributed by atoms with van der Waals surface area (Å²) < 4.78 is 38.5. The third kappa shape index (κ3) is 4.09. The summed E-state index contributed by atoms with van der Waals surface area (Å²) in [7, 11) is 1.63. The fraction of sp³-hybridized carbons (Fsp3) is 0.350. The summed E-state index contributed by atoms with van der Waals surface area (Å²) in [5, 5.41) is 0. The Morgan fingerprint density at radius 3 is 2.78 bits per heavy atom. The molecule has 3 aromatic rings. The van der Waals surface area contributed by atoms with Crippen LogP contribution >= 0.6 is 0 Å². The number of aromatic nitrogens is 2. The largest absolute Gasteiger partial charge is 0.497 e. The average Bonchev–Trinajstić information content (AvgIpc) is 3.22. The summed E-state index contributed by atoms with van der Waals surface area (Å²) >= 11 is 0. The number of nitrogens with one attached hydrogen (secondary N) is 1. The number of rotatable bonds is 6. The average molecular weight is 373 g/mol. The number of H-pyrrole nitrogens is 1. The van der Waals surface area contributed by atoms with Gasteiger partial charge in [-0.3, -0.25) is 4.90 Å². The van der Waals surface area contributed by atoms with Gasteiger partial charge in [-0.1, -0.05) is 12.1 Å². The quantitative estimate of drug-likeness (QED) is 0.719. The Morgan fingerprint density at radius 1 is 1.19 bits per heavy atom. The smallest absolute Gasteiger partial charge is 0.140 e. The fourth-order valence-electron chi connectivity index (χ4n) is 3.37. The van der Waals surface area contributed by atoms with Crippen molar-refractivity contribution >= 4 is 11.0 Å². The van der Waals surface area contributed by atoms with E-state index in [0.717, 1.165) is 11.3 Å². The first-order chi connectivity index (χ1) is 13.1. The lowest BCUT2D eigenvalue weighted by molar-refractivity contribution is 0.00863. The van der Waals surface area contributed by atoms with Gasteiger partial charge in [-0.2, -0.15) is 0 Å². The topological polar surface area (TPSA) is 50.4 Å². The maximum atomic E-state index is 14.4. The van der Waals surface area contributed by atoms with E-state index in [1.165, 1.54) is 12.1 Å². The number of hydrogen-bond donors (Lipinski definition) is 1. The number of hydrogen-bond acceptors (Lipinski definition) is 4. The number of halogens is 2. The molecule has 1 aliphatic rings. The Morgan fingerprint density at radius 2 is 2.00 bits per heavy atom.